The van der Waals surface area contributed by atoms with Crippen LogP contribution >= 0.6 is 0 Å². The molecule has 1 aromatic heterocycles. The van der Waals surface area contributed by atoms with Crippen LogP contribution in [-0.4, -0.2) is 20.2 Å². The maximum atomic E-state index is 3.86. The molecule has 2 aromatic rings. The summed E-state index contributed by atoms with van der Waals surface area (Å²) in [5.74, 6) is 0.732. The molecule has 1 aromatic carbocycles. The van der Waals surface area contributed by atoms with Crippen LogP contribution in [0.1, 0.15) is 0 Å². The fraction of sp³-hybridized carbons (Fsp3) is 0.125. The van der Waals surface area contributed by atoms with E-state index in [0.717, 1.165) is 11.4 Å². The van der Waals surface area contributed by atoms with E-state index < -0.39 is 0 Å². The fourth-order valence-corrected chi connectivity index (χ4v) is 0.990. The Kier molecular flexibility index (Phi) is 3.31. The molecule has 1 heterocycles. The van der Waals surface area contributed by atoms with Gasteiger partial charge in [-0.15, -0.1) is 35.9 Å². The molecule has 0 aliphatic heterocycles. The second-order valence-corrected chi connectivity index (χ2v) is 2.40. The van der Waals surface area contributed by atoms with E-state index in [0.29, 0.717) is 0 Å². The van der Waals surface area contributed by atoms with Gasteiger partial charge >= 0.3 is 0 Å². The summed E-state index contributed by atoms with van der Waals surface area (Å²) in [7, 11) is 1.80. The van der Waals surface area contributed by atoms with Gasteiger partial charge in [-0.05, 0) is 5.21 Å². The summed E-state index contributed by atoms with van der Waals surface area (Å²) in [6.45, 7) is 0. The first-order chi connectivity index (χ1) is 5.88. The molecule has 2 rings (SSSR count). The van der Waals surface area contributed by atoms with Gasteiger partial charge in [-0.2, -0.15) is 5.10 Å². The zero-order chi connectivity index (χ0) is 8.39. The minimum atomic E-state index is 0. The van der Waals surface area contributed by atoms with Crippen molar-refractivity contribution in [2.24, 2.45) is 7.05 Å². The second-order valence-electron chi connectivity index (χ2n) is 2.40. The number of aromatic nitrogens is 4. The summed E-state index contributed by atoms with van der Waals surface area (Å²) in [6.07, 6.45) is 0. The third-order valence-corrected chi connectivity index (χ3v) is 1.57. The van der Waals surface area contributed by atoms with Crippen LogP contribution in [0.2, 0.25) is 0 Å². The van der Waals surface area contributed by atoms with Crippen LogP contribution < -0.4 is 0 Å². The summed E-state index contributed by atoms with van der Waals surface area (Å²) in [5, 5.41) is 11.1. The Hall–Kier alpha value is -1.02. The normalized spacial score (nSPS) is 9.31. The van der Waals surface area contributed by atoms with Gasteiger partial charge in [0, 0.05) is 28.1 Å². The van der Waals surface area contributed by atoms with Crippen LogP contribution in [0.15, 0.2) is 24.3 Å². The zero-order valence-corrected chi connectivity index (χ0v) is 9.19. The van der Waals surface area contributed by atoms with Gasteiger partial charge in [0.1, 0.15) is 0 Å². The standard InChI is InChI=1S/C8H7N4.Pt/c1-12-8(9-10-11-12)7-5-3-2-4-6-7;/h2-5H,1H3;/q-1;. The quantitative estimate of drug-likeness (QED) is 0.708. The van der Waals surface area contributed by atoms with Crippen molar-refractivity contribution in [1.29, 1.82) is 0 Å². The van der Waals surface area contributed by atoms with Gasteiger partial charge in [-0.3, -0.25) is 4.68 Å². The second kappa shape index (κ2) is 4.28. The molecule has 4 nitrogen and oxygen atoms in total. The van der Waals surface area contributed by atoms with E-state index in [2.05, 4.69) is 21.6 Å². The largest absolute Gasteiger partial charge is 0.268 e. The van der Waals surface area contributed by atoms with Crippen LogP contribution in [0.4, 0.5) is 0 Å². The van der Waals surface area contributed by atoms with Gasteiger partial charge in [0.05, 0.1) is 5.82 Å². The molecule has 0 bridgehead atoms. The molecule has 0 radical (unpaired) electrons. The Bertz CT molecular complexity index is 371. The number of hydrogen-bond acceptors (Lipinski definition) is 3. The van der Waals surface area contributed by atoms with Crippen molar-refractivity contribution < 1.29 is 21.1 Å². The Balaban J connectivity index is 0.000000845. The van der Waals surface area contributed by atoms with Crippen molar-refractivity contribution in [2.45, 2.75) is 0 Å². The molecule has 0 aliphatic rings. The van der Waals surface area contributed by atoms with Crippen LogP contribution in [0.5, 0.6) is 0 Å². The Morgan fingerprint density at radius 2 is 2.23 bits per heavy atom. The fourth-order valence-electron chi connectivity index (χ4n) is 0.990. The Morgan fingerprint density at radius 3 is 2.77 bits per heavy atom. The number of hydrogen-bond donors (Lipinski definition) is 0. The van der Waals surface area contributed by atoms with Gasteiger partial charge < -0.3 is 0 Å². The smallest absolute Gasteiger partial charge is 0.0981 e. The van der Waals surface area contributed by atoms with E-state index in [1.807, 2.05) is 24.3 Å². The minimum absolute atomic E-state index is 0. The van der Waals surface area contributed by atoms with E-state index in [9.17, 15) is 0 Å². The predicted octanol–water partition coefficient (Wildman–Crippen LogP) is 0.675. The molecule has 0 spiro atoms. The molecule has 0 atom stereocenters. The average Bonchev–Trinajstić information content (AvgIpc) is 2.53. The average molecular weight is 354 g/mol. The third kappa shape index (κ3) is 2.01. The number of tetrazole rings is 1. The van der Waals surface area contributed by atoms with E-state index >= 15 is 0 Å². The third-order valence-electron chi connectivity index (χ3n) is 1.57. The van der Waals surface area contributed by atoms with Crippen molar-refractivity contribution in [3.05, 3.63) is 30.3 Å². The van der Waals surface area contributed by atoms with E-state index in [1.165, 1.54) is 0 Å². The van der Waals surface area contributed by atoms with Crippen LogP contribution in [-0.2, 0) is 28.1 Å². The molecule has 0 saturated heterocycles. The topological polar surface area (TPSA) is 43.6 Å². The first-order valence-corrected chi connectivity index (χ1v) is 3.57. The zero-order valence-electron chi connectivity index (χ0n) is 6.91. The predicted molar refractivity (Wildman–Crippen MR) is 43.1 cm³/mol. The molecule has 0 saturated carbocycles. The summed E-state index contributed by atoms with van der Waals surface area (Å²) >= 11 is 0. The van der Waals surface area contributed by atoms with E-state index in [1.54, 1.807) is 11.7 Å². The van der Waals surface area contributed by atoms with Crippen molar-refractivity contribution in [1.82, 2.24) is 20.2 Å². The molecular weight excluding hydrogens is 347 g/mol. The number of nitrogens with zero attached hydrogens (tertiary/aromatic N) is 4. The van der Waals surface area contributed by atoms with Gasteiger partial charge in [0.15, 0.2) is 0 Å². The molecule has 5 heteroatoms. The molecule has 0 N–H and O–H groups in total. The van der Waals surface area contributed by atoms with Crippen molar-refractivity contribution in [3.8, 4) is 11.4 Å². The SMILES string of the molecule is Cn1nnnc1-c1[c-]cccc1.[Pt]. The molecule has 0 fully saturated rings. The van der Waals surface area contributed by atoms with Crippen LogP contribution in [0, 0.1) is 6.07 Å². The van der Waals surface area contributed by atoms with Crippen LogP contribution in [0.25, 0.3) is 11.4 Å². The molecule has 0 unspecified atom stereocenters. The minimum Gasteiger partial charge on any atom is -0.268 e. The molecule has 0 aliphatic carbocycles. The summed E-state index contributed by atoms with van der Waals surface area (Å²) in [5.41, 5.74) is 0.907. The van der Waals surface area contributed by atoms with Crippen LogP contribution in [0.3, 0.4) is 0 Å². The number of aryl methyl sites for hydroxylation is 1. The van der Waals surface area contributed by atoms with Gasteiger partial charge in [0.2, 0.25) is 0 Å². The van der Waals surface area contributed by atoms with Gasteiger partial charge in [-0.1, -0.05) is 5.21 Å². The first kappa shape index (κ1) is 10.1. The maximum Gasteiger partial charge on any atom is 0.0981 e. The molecular formula is C8H7N4Pt-. The molecule has 70 valence electrons. The van der Waals surface area contributed by atoms with Gasteiger partial charge in [0.25, 0.3) is 0 Å². The number of benzene rings is 1. The summed E-state index contributed by atoms with van der Waals surface area (Å²) < 4.78 is 1.62. The molecule has 13 heavy (non-hydrogen) atoms. The van der Waals surface area contributed by atoms with Crippen molar-refractivity contribution in [3.63, 3.8) is 0 Å². The van der Waals surface area contributed by atoms with E-state index in [4.69, 9.17) is 0 Å². The van der Waals surface area contributed by atoms with E-state index in [-0.39, 0.29) is 21.1 Å². The maximum absolute atomic E-state index is 3.86. The Labute approximate surface area is 90.2 Å². The summed E-state index contributed by atoms with van der Waals surface area (Å²) in [6, 6.07) is 10.6. The monoisotopic (exact) mass is 354 g/mol. The summed E-state index contributed by atoms with van der Waals surface area (Å²) in [4.78, 5) is 0. The molecule has 0 amide bonds. The van der Waals surface area contributed by atoms with Crippen molar-refractivity contribution >= 4 is 0 Å². The van der Waals surface area contributed by atoms with Crippen molar-refractivity contribution in [2.75, 3.05) is 0 Å². The van der Waals surface area contributed by atoms with Gasteiger partial charge in [-0.25, -0.2) is 0 Å². The Morgan fingerprint density at radius 1 is 1.38 bits per heavy atom. The first-order valence-electron chi connectivity index (χ1n) is 3.57. The number of rotatable bonds is 1.